The number of amides is 1. The third-order valence-corrected chi connectivity index (χ3v) is 6.82. The molecule has 2 fully saturated rings. The van der Waals surface area contributed by atoms with Crippen molar-refractivity contribution in [2.24, 2.45) is 0 Å². The Morgan fingerprint density at radius 2 is 1.91 bits per heavy atom. The van der Waals surface area contributed by atoms with Crippen molar-refractivity contribution in [1.29, 1.82) is 0 Å². The smallest absolute Gasteiger partial charge is 0.282 e. The summed E-state index contributed by atoms with van der Waals surface area (Å²) in [6.07, 6.45) is 8.77. The van der Waals surface area contributed by atoms with Crippen molar-refractivity contribution in [3.05, 3.63) is 71.1 Å². The minimum absolute atomic E-state index is 0.0116. The molecule has 1 saturated carbocycles. The minimum atomic E-state index is -0.0116. The van der Waals surface area contributed by atoms with Crippen molar-refractivity contribution in [2.45, 2.75) is 31.2 Å². The van der Waals surface area contributed by atoms with Gasteiger partial charge < -0.3 is 10.2 Å². The van der Waals surface area contributed by atoms with Crippen molar-refractivity contribution in [2.75, 3.05) is 18.4 Å². The monoisotopic (exact) mass is 457 g/mol. The number of nitrogens with one attached hydrogen (secondary N) is 1. The number of hydrogen-bond donors (Lipinski definition) is 1. The molecule has 1 saturated heterocycles. The zero-order valence-corrected chi connectivity index (χ0v) is 18.8. The second kappa shape index (κ2) is 8.40. The lowest BCUT2D eigenvalue weighted by atomic mass is 10.2. The van der Waals surface area contributed by atoms with Gasteiger partial charge in [0.15, 0.2) is 5.01 Å². The van der Waals surface area contributed by atoms with Gasteiger partial charge in [-0.15, -0.1) is 11.3 Å². The van der Waals surface area contributed by atoms with Crippen molar-refractivity contribution < 1.29 is 4.79 Å². The highest BCUT2D eigenvalue weighted by Gasteiger charge is 2.29. The van der Waals surface area contributed by atoms with Crippen LogP contribution in [0.3, 0.4) is 0 Å². The van der Waals surface area contributed by atoms with E-state index >= 15 is 0 Å². The maximum Gasteiger partial charge on any atom is 0.282 e. The van der Waals surface area contributed by atoms with E-state index in [1.165, 1.54) is 24.2 Å². The number of thiazole rings is 1. The molecule has 2 aliphatic rings. The summed E-state index contributed by atoms with van der Waals surface area (Å²) in [5.41, 5.74) is 2.18. The standard InChI is InChI=1S/C24H23N7OS/c32-23(22-25-11-13-33-22)30-12-9-18(14-30)27-24-26-10-8-20(29-24)31-15-19(16-6-7-16)28-21(31)17-4-2-1-3-5-17/h1-5,8,10-11,13,15-16,18H,6-7,9,12,14H2,(H,26,27,29)/t18-/m1/s1. The lowest BCUT2D eigenvalue weighted by molar-refractivity contribution is 0.0791. The van der Waals surface area contributed by atoms with E-state index in [4.69, 9.17) is 9.97 Å². The molecular formula is C24H23N7OS. The van der Waals surface area contributed by atoms with Crippen molar-refractivity contribution >= 4 is 23.2 Å². The highest BCUT2D eigenvalue weighted by Crippen LogP contribution is 2.40. The lowest BCUT2D eigenvalue weighted by Gasteiger charge is -2.16. The Balaban J connectivity index is 1.23. The predicted octanol–water partition coefficient (Wildman–Crippen LogP) is 3.99. The fourth-order valence-corrected chi connectivity index (χ4v) is 4.80. The van der Waals surface area contributed by atoms with Gasteiger partial charge in [0.05, 0.1) is 5.69 Å². The predicted molar refractivity (Wildman–Crippen MR) is 127 cm³/mol. The van der Waals surface area contributed by atoms with Crippen LogP contribution in [0, 0.1) is 0 Å². The molecule has 3 aromatic heterocycles. The van der Waals surface area contributed by atoms with E-state index in [9.17, 15) is 4.79 Å². The fraction of sp³-hybridized carbons (Fsp3) is 0.292. The number of likely N-dealkylation sites (tertiary alicyclic amines) is 1. The first-order valence-corrected chi connectivity index (χ1v) is 12.1. The molecule has 6 rings (SSSR count). The molecule has 1 N–H and O–H groups in total. The van der Waals surface area contributed by atoms with E-state index in [-0.39, 0.29) is 11.9 Å². The lowest BCUT2D eigenvalue weighted by Crippen LogP contribution is -2.31. The number of nitrogens with zero attached hydrogens (tertiary/aromatic N) is 6. The number of aromatic nitrogens is 5. The van der Waals surface area contributed by atoms with Crippen LogP contribution in [0.25, 0.3) is 17.2 Å². The molecule has 0 unspecified atom stereocenters. The summed E-state index contributed by atoms with van der Waals surface area (Å²) < 4.78 is 2.06. The summed E-state index contributed by atoms with van der Waals surface area (Å²) in [6.45, 7) is 1.30. The summed E-state index contributed by atoms with van der Waals surface area (Å²) in [6, 6.07) is 12.2. The Morgan fingerprint density at radius 3 is 2.70 bits per heavy atom. The quantitative estimate of drug-likeness (QED) is 0.471. The highest BCUT2D eigenvalue weighted by molar-refractivity contribution is 7.11. The van der Waals surface area contributed by atoms with E-state index < -0.39 is 0 Å². The fourth-order valence-electron chi connectivity index (χ4n) is 4.20. The molecule has 8 nitrogen and oxygen atoms in total. The normalized spacial score (nSPS) is 17.9. The Kier molecular flexibility index (Phi) is 5.10. The summed E-state index contributed by atoms with van der Waals surface area (Å²) in [5, 5.41) is 5.78. The topological polar surface area (TPSA) is 88.8 Å². The molecular weight excluding hydrogens is 434 g/mol. The van der Waals surface area contributed by atoms with Gasteiger partial charge in [0.2, 0.25) is 5.95 Å². The SMILES string of the molecule is O=C(c1nccs1)N1CC[C@@H](Nc2nccc(-n3cc(C4CC4)nc3-c3ccccc3)n2)C1. The maximum absolute atomic E-state index is 12.6. The summed E-state index contributed by atoms with van der Waals surface area (Å²) in [4.78, 5) is 32.7. The van der Waals surface area contributed by atoms with E-state index in [1.54, 1.807) is 12.4 Å². The van der Waals surface area contributed by atoms with Gasteiger partial charge in [0.25, 0.3) is 5.91 Å². The molecule has 9 heteroatoms. The molecule has 1 aliphatic carbocycles. The van der Waals surface area contributed by atoms with Crippen LogP contribution in [-0.4, -0.2) is 54.4 Å². The zero-order valence-electron chi connectivity index (χ0n) is 18.0. The van der Waals surface area contributed by atoms with Gasteiger partial charge in [-0.2, -0.15) is 4.98 Å². The highest BCUT2D eigenvalue weighted by atomic mass is 32.1. The molecule has 0 spiro atoms. The molecule has 4 heterocycles. The van der Waals surface area contributed by atoms with E-state index in [2.05, 4.69) is 38.2 Å². The molecule has 33 heavy (non-hydrogen) atoms. The van der Waals surface area contributed by atoms with Crippen LogP contribution < -0.4 is 5.32 Å². The summed E-state index contributed by atoms with van der Waals surface area (Å²) >= 11 is 1.37. The van der Waals surface area contributed by atoms with Gasteiger partial charge in [0.1, 0.15) is 11.6 Å². The Morgan fingerprint density at radius 1 is 1.03 bits per heavy atom. The van der Waals surface area contributed by atoms with Gasteiger partial charge in [-0.05, 0) is 25.3 Å². The molecule has 1 aliphatic heterocycles. The van der Waals surface area contributed by atoms with Gasteiger partial charge >= 0.3 is 0 Å². The second-order valence-corrected chi connectivity index (χ2v) is 9.35. The minimum Gasteiger partial charge on any atom is -0.350 e. The van der Waals surface area contributed by atoms with Gasteiger partial charge in [-0.25, -0.2) is 15.0 Å². The van der Waals surface area contributed by atoms with Crippen LogP contribution in [0.5, 0.6) is 0 Å². The number of carbonyl (C=O) groups excluding carboxylic acids is 1. The molecule has 1 aromatic carbocycles. The number of anilines is 1. The zero-order chi connectivity index (χ0) is 22.2. The number of carbonyl (C=O) groups is 1. The van der Waals surface area contributed by atoms with E-state index in [0.717, 1.165) is 29.3 Å². The van der Waals surface area contributed by atoms with Crippen molar-refractivity contribution in [3.8, 4) is 17.2 Å². The Bertz CT molecular complexity index is 1270. The van der Waals surface area contributed by atoms with Crippen LogP contribution in [0.1, 0.15) is 40.7 Å². The van der Waals surface area contributed by atoms with Crippen LogP contribution in [0.15, 0.2) is 60.4 Å². The third-order valence-electron chi connectivity index (χ3n) is 6.06. The molecule has 0 radical (unpaired) electrons. The largest absolute Gasteiger partial charge is 0.350 e. The number of rotatable bonds is 6. The van der Waals surface area contributed by atoms with Crippen molar-refractivity contribution in [1.82, 2.24) is 29.4 Å². The maximum atomic E-state index is 12.6. The molecule has 1 atom stereocenters. The average Bonchev–Trinajstić information content (AvgIpc) is 3.23. The summed E-state index contributed by atoms with van der Waals surface area (Å²) in [5.74, 6) is 2.76. The molecule has 4 aromatic rings. The van der Waals surface area contributed by atoms with Gasteiger partial charge in [-0.1, -0.05) is 30.3 Å². The Hall–Kier alpha value is -3.59. The van der Waals surface area contributed by atoms with Crippen LogP contribution in [-0.2, 0) is 0 Å². The first-order valence-electron chi connectivity index (χ1n) is 11.2. The first kappa shape index (κ1) is 20.0. The van der Waals surface area contributed by atoms with E-state index in [1.807, 2.05) is 34.5 Å². The number of hydrogen-bond acceptors (Lipinski definition) is 7. The third kappa shape index (κ3) is 4.11. The molecule has 0 bridgehead atoms. The first-order chi connectivity index (χ1) is 16.2. The van der Waals surface area contributed by atoms with Crippen LogP contribution >= 0.6 is 11.3 Å². The number of imidazole rings is 1. The van der Waals surface area contributed by atoms with E-state index in [0.29, 0.717) is 30.0 Å². The molecule has 166 valence electrons. The van der Waals surface area contributed by atoms with Crippen molar-refractivity contribution in [3.63, 3.8) is 0 Å². The Labute approximate surface area is 195 Å². The number of benzene rings is 1. The van der Waals surface area contributed by atoms with Crippen LogP contribution in [0.2, 0.25) is 0 Å². The average molecular weight is 458 g/mol. The van der Waals surface area contributed by atoms with Crippen LogP contribution in [0.4, 0.5) is 5.95 Å². The molecule has 1 amide bonds. The second-order valence-electron chi connectivity index (χ2n) is 8.46. The van der Waals surface area contributed by atoms with Gasteiger partial charge in [0, 0.05) is 54.6 Å². The van der Waals surface area contributed by atoms with Gasteiger partial charge in [-0.3, -0.25) is 9.36 Å². The summed E-state index contributed by atoms with van der Waals surface area (Å²) in [7, 11) is 0.